The fourth-order valence-corrected chi connectivity index (χ4v) is 4.07. The molecular weight excluding hydrogens is 424 g/mol. The van der Waals surface area contributed by atoms with Crippen LogP contribution in [0.4, 0.5) is 0 Å². The van der Waals surface area contributed by atoms with Gasteiger partial charge in [0.2, 0.25) is 5.78 Å². The molecule has 3 rings (SSSR count). The van der Waals surface area contributed by atoms with Crippen molar-refractivity contribution in [1.82, 2.24) is 0 Å². The Morgan fingerprint density at radius 3 is 2.67 bits per heavy atom. The van der Waals surface area contributed by atoms with Gasteiger partial charge in [-0.15, -0.1) is 0 Å². The lowest BCUT2D eigenvalue weighted by Crippen LogP contribution is -2.45. The minimum absolute atomic E-state index is 0.0420. The molecule has 0 aromatic rings. The summed E-state index contributed by atoms with van der Waals surface area (Å²) in [5.41, 5.74) is -0.167. The van der Waals surface area contributed by atoms with Gasteiger partial charge in [0.15, 0.2) is 11.4 Å². The second-order valence-corrected chi connectivity index (χ2v) is 8.63. The Hall–Kier alpha value is -3.03. The zero-order valence-corrected chi connectivity index (χ0v) is 19.2. The van der Waals surface area contributed by atoms with E-state index < -0.39 is 35.0 Å². The Morgan fingerprint density at radius 1 is 1.24 bits per heavy atom. The van der Waals surface area contributed by atoms with E-state index in [1.54, 1.807) is 18.2 Å². The van der Waals surface area contributed by atoms with Crippen LogP contribution < -0.4 is 0 Å². The van der Waals surface area contributed by atoms with Gasteiger partial charge in [-0.05, 0) is 31.8 Å². The number of allylic oxidation sites excluding steroid dienone is 7. The number of fused-ring (bicyclic) bond motifs is 1. The number of Topliss-reactive ketones (excluding diaryl/α,β-unsaturated/α-hetero) is 1. The van der Waals surface area contributed by atoms with E-state index in [0.717, 1.165) is 18.1 Å². The third-order valence-electron chi connectivity index (χ3n) is 6.26. The van der Waals surface area contributed by atoms with Gasteiger partial charge in [0.25, 0.3) is 0 Å². The minimum atomic E-state index is -1.54. The van der Waals surface area contributed by atoms with Crippen LogP contribution in [0.1, 0.15) is 40.0 Å². The van der Waals surface area contributed by atoms with Crippen molar-refractivity contribution in [3.8, 4) is 0 Å². The molecule has 0 aromatic carbocycles. The molecule has 0 spiro atoms. The van der Waals surface area contributed by atoms with E-state index in [2.05, 4.69) is 19.9 Å². The largest absolute Gasteiger partial charge is 0.507 e. The molecule has 176 valence electrons. The maximum Gasteiger partial charge on any atom is 0.343 e. The molecule has 0 radical (unpaired) electrons. The number of aliphatic hydroxyl groups is 2. The highest BCUT2D eigenvalue weighted by atomic mass is 16.6. The van der Waals surface area contributed by atoms with Crippen molar-refractivity contribution in [2.75, 3.05) is 13.2 Å². The van der Waals surface area contributed by atoms with Crippen LogP contribution >= 0.6 is 0 Å². The SMILES string of the molecule is CCC(C)C=CC=CC=CC(=O)C=C(O)C1=C2CC3=C(COC(CO)C3)C(=O)C2(C)OC1=O. The summed E-state index contributed by atoms with van der Waals surface area (Å²) in [6.45, 7) is 5.56. The average molecular weight is 455 g/mol. The Kier molecular flexibility index (Phi) is 7.66. The lowest BCUT2D eigenvalue weighted by molar-refractivity contribution is -0.153. The monoisotopic (exact) mass is 454 g/mol. The fraction of sp³-hybridized carbons (Fsp3) is 0.423. The standard InChI is InChI=1S/C26H30O7/c1-4-16(2)9-7-5-6-8-10-18(28)13-22(29)23-21-12-17-11-19(14-27)32-15-20(17)24(30)26(21,3)33-25(23)31/h5-10,13,16,19,27,29H,4,11-12,14-15H2,1-3H3. The molecule has 1 aliphatic carbocycles. The molecule has 0 aromatic heterocycles. The molecule has 0 fully saturated rings. The van der Waals surface area contributed by atoms with Crippen LogP contribution in [-0.2, 0) is 23.9 Å². The van der Waals surface area contributed by atoms with Gasteiger partial charge in [-0.1, -0.05) is 56.2 Å². The van der Waals surface area contributed by atoms with Crippen molar-refractivity contribution in [2.24, 2.45) is 5.92 Å². The Balaban J connectivity index is 1.81. The second-order valence-electron chi connectivity index (χ2n) is 8.63. The van der Waals surface area contributed by atoms with Gasteiger partial charge in [-0.2, -0.15) is 0 Å². The highest BCUT2D eigenvalue weighted by Gasteiger charge is 2.54. The Labute approximate surface area is 193 Å². The molecule has 0 saturated carbocycles. The molecule has 0 bridgehead atoms. The number of ether oxygens (including phenoxy) is 2. The molecule has 3 unspecified atom stereocenters. The van der Waals surface area contributed by atoms with Crippen molar-refractivity contribution in [3.05, 3.63) is 70.6 Å². The number of esters is 1. The zero-order valence-electron chi connectivity index (χ0n) is 19.2. The number of carbonyl (C=O) groups is 3. The quantitative estimate of drug-likeness (QED) is 0.250. The van der Waals surface area contributed by atoms with E-state index in [9.17, 15) is 24.6 Å². The molecule has 7 heteroatoms. The number of hydrogen-bond acceptors (Lipinski definition) is 7. The van der Waals surface area contributed by atoms with Crippen molar-refractivity contribution in [1.29, 1.82) is 0 Å². The normalized spacial score (nSPS) is 27.0. The van der Waals surface area contributed by atoms with Crippen LogP contribution in [0.25, 0.3) is 0 Å². The third-order valence-corrected chi connectivity index (χ3v) is 6.26. The van der Waals surface area contributed by atoms with Crippen molar-refractivity contribution >= 4 is 17.5 Å². The van der Waals surface area contributed by atoms with Crippen LogP contribution in [0.5, 0.6) is 0 Å². The number of aliphatic hydroxyl groups excluding tert-OH is 2. The molecule has 3 atom stereocenters. The first-order valence-corrected chi connectivity index (χ1v) is 11.1. The van der Waals surface area contributed by atoms with Crippen molar-refractivity contribution < 1.29 is 34.1 Å². The van der Waals surface area contributed by atoms with Gasteiger partial charge >= 0.3 is 5.97 Å². The molecular formula is C26H30O7. The first kappa shape index (κ1) is 24.6. The van der Waals surface area contributed by atoms with Gasteiger partial charge in [0.05, 0.1) is 19.3 Å². The molecule has 3 aliphatic rings. The number of rotatable bonds is 8. The van der Waals surface area contributed by atoms with Gasteiger partial charge < -0.3 is 19.7 Å². The van der Waals surface area contributed by atoms with Gasteiger partial charge in [-0.25, -0.2) is 4.79 Å². The summed E-state index contributed by atoms with van der Waals surface area (Å²) in [4.78, 5) is 37.9. The predicted molar refractivity (Wildman–Crippen MR) is 122 cm³/mol. The molecule has 0 amide bonds. The topological polar surface area (TPSA) is 110 Å². The summed E-state index contributed by atoms with van der Waals surface area (Å²) in [5, 5.41) is 20.0. The molecule has 2 N–H and O–H groups in total. The predicted octanol–water partition coefficient (Wildman–Crippen LogP) is 3.37. The van der Waals surface area contributed by atoms with Crippen molar-refractivity contribution in [3.63, 3.8) is 0 Å². The lowest BCUT2D eigenvalue weighted by atomic mass is 9.73. The first-order chi connectivity index (χ1) is 15.7. The molecule has 33 heavy (non-hydrogen) atoms. The lowest BCUT2D eigenvalue weighted by Gasteiger charge is -2.36. The van der Waals surface area contributed by atoms with E-state index in [1.807, 2.05) is 6.08 Å². The van der Waals surface area contributed by atoms with E-state index in [4.69, 9.17) is 9.47 Å². The van der Waals surface area contributed by atoms with Crippen molar-refractivity contribution in [2.45, 2.75) is 51.7 Å². The summed E-state index contributed by atoms with van der Waals surface area (Å²) in [5.74, 6) is -1.81. The van der Waals surface area contributed by atoms with Crippen LogP contribution in [0.15, 0.2) is 70.6 Å². The fourth-order valence-electron chi connectivity index (χ4n) is 4.07. The Morgan fingerprint density at radius 2 is 1.97 bits per heavy atom. The molecule has 0 saturated heterocycles. The van der Waals surface area contributed by atoms with E-state index in [0.29, 0.717) is 23.5 Å². The van der Waals surface area contributed by atoms with Gasteiger partial charge in [-0.3, -0.25) is 9.59 Å². The maximum atomic E-state index is 13.1. The summed E-state index contributed by atoms with van der Waals surface area (Å²) in [6.07, 6.45) is 12.4. The molecule has 2 aliphatic heterocycles. The molecule has 2 heterocycles. The third kappa shape index (κ3) is 5.15. The van der Waals surface area contributed by atoms with E-state index >= 15 is 0 Å². The second kappa shape index (κ2) is 10.3. The summed E-state index contributed by atoms with van der Waals surface area (Å²) in [6, 6.07) is 0. The molecule has 7 nitrogen and oxygen atoms in total. The van der Waals surface area contributed by atoms with Gasteiger partial charge in [0, 0.05) is 17.2 Å². The zero-order chi connectivity index (χ0) is 24.2. The number of hydrogen-bond donors (Lipinski definition) is 2. The number of carbonyl (C=O) groups excluding carboxylic acids is 3. The van der Waals surface area contributed by atoms with Crippen LogP contribution in [0.2, 0.25) is 0 Å². The summed E-state index contributed by atoms with van der Waals surface area (Å²) in [7, 11) is 0. The van der Waals surface area contributed by atoms with E-state index in [-0.39, 0.29) is 25.2 Å². The van der Waals surface area contributed by atoms with Crippen LogP contribution in [0, 0.1) is 5.92 Å². The highest BCUT2D eigenvalue weighted by molar-refractivity contribution is 6.13. The van der Waals surface area contributed by atoms with E-state index in [1.165, 1.54) is 13.0 Å². The van der Waals surface area contributed by atoms with Crippen LogP contribution in [-0.4, -0.2) is 52.7 Å². The maximum absolute atomic E-state index is 13.1. The average Bonchev–Trinajstić information content (AvgIpc) is 3.05. The first-order valence-electron chi connectivity index (χ1n) is 11.1. The Bertz CT molecular complexity index is 1020. The van der Waals surface area contributed by atoms with Crippen LogP contribution in [0.3, 0.4) is 0 Å². The minimum Gasteiger partial charge on any atom is -0.507 e. The summed E-state index contributed by atoms with van der Waals surface area (Å²) >= 11 is 0. The summed E-state index contributed by atoms with van der Waals surface area (Å²) < 4.78 is 10.9. The smallest absolute Gasteiger partial charge is 0.343 e. The number of ketones is 2. The highest BCUT2D eigenvalue weighted by Crippen LogP contribution is 2.47. The van der Waals surface area contributed by atoms with Gasteiger partial charge in [0.1, 0.15) is 11.3 Å².